The van der Waals surface area contributed by atoms with Gasteiger partial charge in [0.2, 0.25) is 16.9 Å². The van der Waals surface area contributed by atoms with Crippen molar-refractivity contribution in [1.29, 1.82) is 0 Å². The predicted octanol–water partition coefficient (Wildman–Crippen LogP) is 1.27. The van der Waals surface area contributed by atoms with Crippen LogP contribution in [-0.4, -0.2) is 46.1 Å². The van der Waals surface area contributed by atoms with Crippen molar-refractivity contribution in [2.75, 3.05) is 19.0 Å². The molecule has 0 saturated carbocycles. The zero-order valence-electron chi connectivity index (χ0n) is 12.7. The Morgan fingerprint density at radius 1 is 1.48 bits per heavy atom. The van der Waals surface area contributed by atoms with E-state index in [-0.39, 0.29) is 29.7 Å². The minimum absolute atomic E-state index is 0.0139. The summed E-state index contributed by atoms with van der Waals surface area (Å²) >= 11 is 1.27. The molecule has 0 aromatic carbocycles. The average Bonchev–Trinajstić information content (AvgIpc) is 2.96. The third-order valence-corrected chi connectivity index (χ3v) is 4.08. The van der Waals surface area contributed by atoms with Gasteiger partial charge in [0, 0.05) is 25.6 Å². The number of nitrogens with zero attached hydrogens (tertiary/aromatic N) is 3. The first-order chi connectivity index (χ1) is 9.81. The van der Waals surface area contributed by atoms with E-state index in [0.717, 1.165) is 0 Å². The number of carbonyl (C=O) groups excluding carboxylic acids is 2. The molecule has 1 saturated heterocycles. The highest BCUT2D eigenvalue weighted by Gasteiger charge is 2.39. The summed E-state index contributed by atoms with van der Waals surface area (Å²) in [6, 6.07) is 0. The van der Waals surface area contributed by atoms with Crippen molar-refractivity contribution in [2.24, 2.45) is 5.92 Å². The molecule has 1 aliphatic heterocycles. The number of carbonyl (C=O) groups is 2. The molecule has 0 aliphatic carbocycles. The molecular weight excluding hydrogens is 292 g/mol. The molecule has 7 nitrogen and oxygen atoms in total. The lowest BCUT2D eigenvalue weighted by molar-refractivity contribution is -0.131. The molecule has 1 atom stereocenters. The van der Waals surface area contributed by atoms with Gasteiger partial charge in [0.05, 0.1) is 5.92 Å². The van der Waals surface area contributed by atoms with Crippen LogP contribution in [0.5, 0.6) is 0 Å². The van der Waals surface area contributed by atoms with E-state index < -0.39 is 0 Å². The standard InChI is InChI=1S/C13H20N4O3S/c1-13(2,3)17-6-8(5-10(17)18)11(19)14-12-16-15-9(21-12)7-20-4/h8H,5-7H2,1-4H3,(H,14,16,19). The van der Waals surface area contributed by atoms with Crippen molar-refractivity contribution >= 4 is 28.3 Å². The monoisotopic (exact) mass is 312 g/mol. The predicted molar refractivity (Wildman–Crippen MR) is 78.8 cm³/mol. The minimum Gasteiger partial charge on any atom is -0.377 e. The number of hydrogen-bond donors (Lipinski definition) is 1. The van der Waals surface area contributed by atoms with Crippen molar-refractivity contribution in [3.63, 3.8) is 0 Å². The number of anilines is 1. The number of ether oxygens (including phenoxy) is 1. The molecule has 0 spiro atoms. The summed E-state index contributed by atoms with van der Waals surface area (Å²) < 4.78 is 4.96. The number of hydrogen-bond acceptors (Lipinski definition) is 6. The van der Waals surface area contributed by atoms with Gasteiger partial charge in [-0.1, -0.05) is 11.3 Å². The number of aromatic nitrogens is 2. The van der Waals surface area contributed by atoms with Gasteiger partial charge in [-0.15, -0.1) is 10.2 Å². The lowest BCUT2D eigenvalue weighted by atomic mass is 10.1. The Kier molecular flexibility index (Phi) is 4.58. The van der Waals surface area contributed by atoms with Crippen molar-refractivity contribution < 1.29 is 14.3 Å². The Morgan fingerprint density at radius 3 is 2.76 bits per heavy atom. The fourth-order valence-corrected chi connectivity index (χ4v) is 2.94. The van der Waals surface area contributed by atoms with Gasteiger partial charge >= 0.3 is 0 Å². The van der Waals surface area contributed by atoms with Crippen LogP contribution in [0.15, 0.2) is 0 Å². The van der Waals surface area contributed by atoms with Gasteiger partial charge in [-0.3, -0.25) is 9.59 Å². The maximum absolute atomic E-state index is 12.2. The van der Waals surface area contributed by atoms with Gasteiger partial charge in [-0.2, -0.15) is 0 Å². The van der Waals surface area contributed by atoms with Crippen LogP contribution >= 0.6 is 11.3 Å². The highest BCUT2D eigenvalue weighted by atomic mass is 32.1. The van der Waals surface area contributed by atoms with Gasteiger partial charge in [0.15, 0.2) is 0 Å². The van der Waals surface area contributed by atoms with E-state index in [1.165, 1.54) is 11.3 Å². The van der Waals surface area contributed by atoms with Crippen molar-refractivity contribution in [1.82, 2.24) is 15.1 Å². The normalized spacial score (nSPS) is 19.1. The quantitative estimate of drug-likeness (QED) is 0.905. The first-order valence-corrected chi connectivity index (χ1v) is 7.55. The average molecular weight is 312 g/mol. The second kappa shape index (κ2) is 6.07. The van der Waals surface area contributed by atoms with E-state index >= 15 is 0 Å². The van der Waals surface area contributed by atoms with Gasteiger partial charge in [-0.25, -0.2) is 0 Å². The molecule has 1 N–H and O–H groups in total. The van der Waals surface area contributed by atoms with Crippen LogP contribution in [0.3, 0.4) is 0 Å². The molecular formula is C13H20N4O3S. The molecule has 116 valence electrons. The van der Waals surface area contributed by atoms with E-state index in [1.807, 2.05) is 20.8 Å². The molecule has 1 aliphatic rings. The largest absolute Gasteiger partial charge is 0.377 e. The summed E-state index contributed by atoms with van der Waals surface area (Å²) in [5.74, 6) is -0.512. The molecule has 21 heavy (non-hydrogen) atoms. The zero-order valence-corrected chi connectivity index (χ0v) is 13.5. The molecule has 0 bridgehead atoms. The molecule has 2 heterocycles. The molecule has 2 rings (SSSR count). The Morgan fingerprint density at radius 2 is 2.19 bits per heavy atom. The van der Waals surface area contributed by atoms with E-state index in [0.29, 0.717) is 23.3 Å². The van der Waals surface area contributed by atoms with Gasteiger partial charge in [0.25, 0.3) is 0 Å². The third-order valence-electron chi connectivity index (χ3n) is 3.27. The first-order valence-electron chi connectivity index (χ1n) is 6.74. The third kappa shape index (κ3) is 3.76. The van der Waals surface area contributed by atoms with Crippen LogP contribution < -0.4 is 5.32 Å². The van der Waals surface area contributed by atoms with Crippen LogP contribution in [0.1, 0.15) is 32.2 Å². The Labute approximate surface area is 127 Å². The SMILES string of the molecule is COCc1nnc(NC(=O)C2CC(=O)N(C(C)(C)C)C2)s1. The molecule has 2 amide bonds. The Balaban J connectivity index is 1.96. The smallest absolute Gasteiger partial charge is 0.231 e. The lowest BCUT2D eigenvalue weighted by Crippen LogP contribution is -2.42. The van der Waals surface area contributed by atoms with Gasteiger partial charge < -0.3 is 15.0 Å². The summed E-state index contributed by atoms with van der Waals surface area (Å²) in [5.41, 5.74) is -0.263. The van der Waals surface area contributed by atoms with Crippen LogP contribution in [-0.2, 0) is 20.9 Å². The Hall–Kier alpha value is -1.54. The fraction of sp³-hybridized carbons (Fsp3) is 0.692. The van der Waals surface area contributed by atoms with Crippen molar-refractivity contribution in [2.45, 2.75) is 39.3 Å². The lowest BCUT2D eigenvalue weighted by Gasteiger charge is -2.31. The fourth-order valence-electron chi connectivity index (χ4n) is 2.22. The number of likely N-dealkylation sites (tertiary alicyclic amines) is 1. The molecule has 1 unspecified atom stereocenters. The first kappa shape index (κ1) is 15.8. The second-order valence-corrected chi connectivity index (χ2v) is 7.06. The highest BCUT2D eigenvalue weighted by molar-refractivity contribution is 7.15. The maximum Gasteiger partial charge on any atom is 0.231 e. The van der Waals surface area contributed by atoms with Crippen LogP contribution in [0.2, 0.25) is 0 Å². The van der Waals surface area contributed by atoms with Crippen molar-refractivity contribution in [3.8, 4) is 0 Å². The Bertz CT molecular complexity index is 538. The maximum atomic E-state index is 12.2. The van der Waals surface area contributed by atoms with E-state index in [9.17, 15) is 9.59 Å². The minimum atomic E-state index is -0.341. The van der Waals surface area contributed by atoms with E-state index in [2.05, 4.69) is 15.5 Å². The molecule has 1 fully saturated rings. The summed E-state index contributed by atoms with van der Waals surface area (Å²) in [6.07, 6.45) is 0.243. The van der Waals surface area contributed by atoms with E-state index in [1.54, 1.807) is 12.0 Å². The van der Waals surface area contributed by atoms with Crippen molar-refractivity contribution in [3.05, 3.63) is 5.01 Å². The number of amides is 2. The summed E-state index contributed by atoms with van der Waals surface area (Å²) in [5, 5.41) is 11.7. The number of nitrogens with one attached hydrogen (secondary N) is 1. The summed E-state index contributed by atoms with van der Waals surface area (Å²) in [7, 11) is 1.57. The van der Waals surface area contributed by atoms with Crippen LogP contribution in [0.4, 0.5) is 5.13 Å². The van der Waals surface area contributed by atoms with Gasteiger partial charge in [-0.05, 0) is 20.8 Å². The van der Waals surface area contributed by atoms with Crippen LogP contribution in [0.25, 0.3) is 0 Å². The molecule has 1 aromatic heterocycles. The highest BCUT2D eigenvalue weighted by Crippen LogP contribution is 2.27. The number of methoxy groups -OCH3 is 1. The number of rotatable bonds is 4. The second-order valence-electron chi connectivity index (χ2n) is 6.00. The topological polar surface area (TPSA) is 84.4 Å². The molecule has 8 heteroatoms. The molecule has 0 radical (unpaired) electrons. The van der Waals surface area contributed by atoms with E-state index in [4.69, 9.17) is 4.74 Å². The van der Waals surface area contributed by atoms with Crippen LogP contribution in [0, 0.1) is 5.92 Å². The molecule has 1 aromatic rings. The van der Waals surface area contributed by atoms with Gasteiger partial charge in [0.1, 0.15) is 11.6 Å². The summed E-state index contributed by atoms with van der Waals surface area (Å²) in [4.78, 5) is 25.9. The summed E-state index contributed by atoms with van der Waals surface area (Å²) in [6.45, 7) is 6.71. The zero-order chi connectivity index (χ0) is 15.6.